The first-order chi connectivity index (χ1) is 10.9. The molecular weight excluding hydrogens is 294 g/mol. The van der Waals surface area contributed by atoms with Gasteiger partial charge in [-0.05, 0) is 60.9 Å². The zero-order valence-corrected chi connectivity index (χ0v) is 13.2. The van der Waals surface area contributed by atoms with Gasteiger partial charge in [-0.15, -0.1) is 0 Å². The molecule has 0 saturated carbocycles. The fourth-order valence-electron chi connectivity index (χ4n) is 2.16. The highest BCUT2D eigenvalue weighted by Gasteiger charge is 2.09. The van der Waals surface area contributed by atoms with Gasteiger partial charge in [0.25, 0.3) is 5.69 Å². The van der Waals surface area contributed by atoms with Gasteiger partial charge in [-0.3, -0.25) is 14.9 Å². The van der Waals surface area contributed by atoms with Gasteiger partial charge in [0.05, 0.1) is 12.0 Å². The number of ketones is 1. The van der Waals surface area contributed by atoms with Crippen molar-refractivity contribution in [3.63, 3.8) is 0 Å². The van der Waals surface area contributed by atoms with E-state index in [0.717, 1.165) is 16.7 Å². The van der Waals surface area contributed by atoms with Crippen LogP contribution >= 0.6 is 0 Å². The average molecular weight is 311 g/mol. The molecule has 2 rings (SSSR count). The van der Waals surface area contributed by atoms with Gasteiger partial charge in [0.2, 0.25) is 0 Å². The molecule has 0 spiro atoms. The minimum absolute atomic E-state index is 0.0207. The lowest BCUT2D eigenvalue weighted by atomic mass is 10.0. The van der Waals surface area contributed by atoms with Crippen molar-refractivity contribution in [3.05, 3.63) is 74.8 Å². The van der Waals surface area contributed by atoms with Crippen LogP contribution in [0.5, 0.6) is 5.75 Å². The van der Waals surface area contributed by atoms with Crippen LogP contribution < -0.4 is 4.74 Å². The van der Waals surface area contributed by atoms with Crippen LogP contribution in [0, 0.1) is 24.0 Å². The molecule has 0 saturated heterocycles. The fourth-order valence-corrected chi connectivity index (χ4v) is 2.16. The van der Waals surface area contributed by atoms with Crippen LogP contribution in [-0.4, -0.2) is 17.8 Å². The summed E-state index contributed by atoms with van der Waals surface area (Å²) in [6.45, 7) is 3.86. The third kappa shape index (κ3) is 3.83. The number of aryl methyl sites for hydroxylation is 1. The Labute approximate surface area is 134 Å². The Bertz CT molecular complexity index is 776. The Morgan fingerprint density at radius 3 is 2.39 bits per heavy atom. The van der Waals surface area contributed by atoms with Gasteiger partial charge in [0, 0.05) is 17.7 Å². The maximum Gasteiger partial charge on any atom is 0.269 e. The predicted molar refractivity (Wildman–Crippen MR) is 88.9 cm³/mol. The molecule has 0 heterocycles. The van der Waals surface area contributed by atoms with Crippen molar-refractivity contribution in [1.29, 1.82) is 0 Å². The van der Waals surface area contributed by atoms with Crippen molar-refractivity contribution in [3.8, 4) is 5.75 Å². The van der Waals surface area contributed by atoms with Crippen molar-refractivity contribution in [2.45, 2.75) is 13.8 Å². The molecule has 0 aliphatic heterocycles. The van der Waals surface area contributed by atoms with Crippen LogP contribution in [0.3, 0.4) is 0 Å². The number of methoxy groups -OCH3 is 1. The first kappa shape index (κ1) is 16.4. The van der Waals surface area contributed by atoms with Crippen LogP contribution in [0.4, 0.5) is 5.69 Å². The normalized spacial score (nSPS) is 10.7. The fraction of sp³-hybridized carbons (Fsp3) is 0.167. The number of carbonyl (C=O) groups excluding carboxylic acids is 1. The van der Waals surface area contributed by atoms with E-state index in [1.165, 1.54) is 18.2 Å². The minimum atomic E-state index is -0.458. The average Bonchev–Trinajstić information content (AvgIpc) is 2.55. The van der Waals surface area contributed by atoms with Gasteiger partial charge in [-0.2, -0.15) is 0 Å². The second-order valence-corrected chi connectivity index (χ2v) is 5.17. The summed E-state index contributed by atoms with van der Waals surface area (Å²) in [5.74, 6) is 0.529. The highest BCUT2D eigenvalue weighted by molar-refractivity contribution is 6.07. The molecule has 23 heavy (non-hydrogen) atoms. The molecule has 0 fully saturated rings. The number of benzene rings is 2. The van der Waals surface area contributed by atoms with Crippen LogP contribution in [0.1, 0.15) is 27.0 Å². The largest absolute Gasteiger partial charge is 0.496 e. The lowest BCUT2D eigenvalue weighted by Gasteiger charge is -2.09. The van der Waals surface area contributed by atoms with Gasteiger partial charge in [-0.1, -0.05) is 6.08 Å². The number of nitro groups is 1. The topological polar surface area (TPSA) is 69.4 Å². The second kappa shape index (κ2) is 6.87. The monoisotopic (exact) mass is 311 g/mol. The number of nitrogens with zero attached hydrogens (tertiary/aromatic N) is 1. The van der Waals surface area contributed by atoms with E-state index in [0.29, 0.717) is 11.3 Å². The first-order valence-corrected chi connectivity index (χ1v) is 7.04. The Balaban J connectivity index is 2.21. The molecule has 5 nitrogen and oxygen atoms in total. The Hall–Kier alpha value is -2.95. The molecule has 0 unspecified atom stereocenters. The smallest absolute Gasteiger partial charge is 0.269 e. The highest BCUT2D eigenvalue weighted by atomic mass is 16.6. The third-order valence-electron chi connectivity index (χ3n) is 3.66. The summed E-state index contributed by atoms with van der Waals surface area (Å²) in [4.78, 5) is 22.4. The third-order valence-corrected chi connectivity index (χ3v) is 3.66. The molecule has 0 aromatic heterocycles. The Morgan fingerprint density at radius 1 is 1.17 bits per heavy atom. The van der Waals surface area contributed by atoms with Gasteiger partial charge < -0.3 is 4.74 Å². The molecule has 5 heteroatoms. The Kier molecular flexibility index (Phi) is 4.91. The van der Waals surface area contributed by atoms with Crippen molar-refractivity contribution in [1.82, 2.24) is 0 Å². The van der Waals surface area contributed by atoms with Crippen LogP contribution in [0.15, 0.2) is 42.5 Å². The van der Waals surface area contributed by atoms with Gasteiger partial charge in [0.15, 0.2) is 5.78 Å². The second-order valence-electron chi connectivity index (χ2n) is 5.17. The Morgan fingerprint density at radius 2 is 1.83 bits per heavy atom. The van der Waals surface area contributed by atoms with E-state index in [9.17, 15) is 14.9 Å². The van der Waals surface area contributed by atoms with E-state index in [1.807, 2.05) is 19.9 Å². The number of non-ortho nitro benzene ring substituents is 1. The summed E-state index contributed by atoms with van der Waals surface area (Å²) >= 11 is 0. The molecule has 0 radical (unpaired) electrons. The molecule has 2 aromatic carbocycles. The van der Waals surface area contributed by atoms with E-state index in [-0.39, 0.29) is 11.5 Å². The number of rotatable bonds is 5. The molecule has 0 aliphatic rings. The van der Waals surface area contributed by atoms with Gasteiger partial charge >= 0.3 is 0 Å². The van der Waals surface area contributed by atoms with Crippen LogP contribution in [0.25, 0.3) is 6.08 Å². The maximum atomic E-state index is 12.3. The van der Waals surface area contributed by atoms with Crippen molar-refractivity contribution >= 4 is 17.5 Å². The summed E-state index contributed by atoms with van der Waals surface area (Å²) in [5, 5.41) is 10.6. The van der Waals surface area contributed by atoms with Crippen molar-refractivity contribution in [2.24, 2.45) is 0 Å². The molecule has 0 aliphatic carbocycles. The van der Waals surface area contributed by atoms with E-state index in [1.54, 1.807) is 31.4 Å². The zero-order valence-electron chi connectivity index (χ0n) is 13.2. The lowest BCUT2D eigenvalue weighted by Crippen LogP contribution is -1.99. The highest BCUT2D eigenvalue weighted by Crippen LogP contribution is 2.24. The standard InChI is InChI=1S/C18H17NO4/c1-12-10-15(11-18(23-3)13(12)2)17(20)9-6-14-4-7-16(8-5-14)19(21)22/h4-11H,1-3H3/b9-6+. The van der Waals surface area contributed by atoms with E-state index in [4.69, 9.17) is 4.74 Å². The van der Waals surface area contributed by atoms with Crippen LogP contribution in [-0.2, 0) is 0 Å². The van der Waals surface area contributed by atoms with Gasteiger partial charge in [0.1, 0.15) is 5.75 Å². The molecule has 0 amide bonds. The van der Waals surface area contributed by atoms with Crippen molar-refractivity contribution < 1.29 is 14.5 Å². The summed E-state index contributed by atoms with van der Waals surface area (Å²) in [6, 6.07) is 9.55. The zero-order chi connectivity index (χ0) is 17.0. The molecular formula is C18H17NO4. The molecule has 0 N–H and O–H groups in total. The summed E-state index contributed by atoms with van der Waals surface area (Å²) in [6.07, 6.45) is 3.08. The van der Waals surface area contributed by atoms with E-state index in [2.05, 4.69) is 0 Å². The van der Waals surface area contributed by atoms with Crippen LogP contribution in [0.2, 0.25) is 0 Å². The van der Waals surface area contributed by atoms with Gasteiger partial charge in [-0.25, -0.2) is 0 Å². The summed E-state index contributed by atoms with van der Waals surface area (Å²) in [5.41, 5.74) is 3.27. The quantitative estimate of drug-likeness (QED) is 0.360. The number of carbonyl (C=O) groups is 1. The number of hydrogen-bond donors (Lipinski definition) is 0. The number of ether oxygens (including phenoxy) is 1. The van der Waals surface area contributed by atoms with E-state index < -0.39 is 4.92 Å². The van der Waals surface area contributed by atoms with E-state index >= 15 is 0 Å². The summed E-state index contributed by atoms with van der Waals surface area (Å²) in [7, 11) is 1.57. The molecule has 0 bridgehead atoms. The first-order valence-electron chi connectivity index (χ1n) is 7.04. The molecule has 118 valence electrons. The molecule has 0 atom stereocenters. The van der Waals surface area contributed by atoms with Crippen molar-refractivity contribution in [2.75, 3.05) is 7.11 Å². The molecule has 2 aromatic rings. The SMILES string of the molecule is COc1cc(C(=O)/C=C/c2ccc([N+](=O)[O-])cc2)cc(C)c1C. The minimum Gasteiger partial charge on any atom is -0.496 e. The predicted octanol–water partition coefficient (Wildman–Crippen LogP) is 4.12. The number of nitro benzene ring substituents is 1. The maximum absolute atomic E-state index is 12.3. The lowest BCUT2D eigenvalue weighted by molar-refractivity contribution is -0.384. The number of hydrogen-bond acceptors (Lipinski definition) is 4. The summed E-state index contributed by atoms with van der Waals surface area (Å²) < 4.78 is 5.27. The number of allylic oxidation sites excluding steroid dienone is 1.